The normalized spacial score (nSPS) is 17.1. The fraction of sp³-hybridized carbons (Fsp3) is 0.320. The van der Waals surface area contributed by atoms with E-state index in [9.17, 15) is 9.59 Å². The van der Waals surface area contributed by atoms with Crippen LogP contribution < -0.4 is 15.0 Å². The molecule has 2 aliphatic rings. The minimum atomic E-state index is -0.276. The van der Waals surface area contributed by atoms with Crippen LogP contribution in [0.15, 0.2) is 42.5 Å². The highest BCUT2D eigenvalue weighted by atomic mass is 35.5. The van der Waals surface area contributed by atoms with E-state index in [0.717, 1.165) is 41.1 Å². The highest BCUT2D eigenvalue weighted by molar-refractivity contribution is 7.16. The highest BCUT2D eigenvalue weighted by Gasteiger charge is 2.39. The second-order valence-corrected chi connectivity index (χ2v) is 10.2. The number of nitrogens with zero attached hydrogens (tertiary/aromatic N) is 2. The number of anilines is 2. The van der Waals surface area contributed by atoms with Gasteiger partial charge in [0.25, 0.3) is 5.91 Å². The number of benzene rings is 2. The van der Waals surface area contributed by atoms with Gasteiger partial charge in [-0.3, -0.25) is 14.9 Å². The van der Waals surface area contributed by atoms with Crippen molar-refractivity contribution in [3.63, 3.8) is 0 Å². The van der Waals surface area contributed by atoms with Crippen LogP contribution in [0.25, 0.3) is 11.3 Å². The lowest BCUT2D eigenvalue weighted by atomic mass is 10.0. The van der Waals surface area contributed by atoms with Crippen molar-refractivity contribution in [2.45, 2.75) is 39.2 Å². The molecular formula is C25H24ClN3O3S. The molecule has 8 heteroatoms. The molecule has 1 aromatic heterocycles. The fourth-order valence-electron chi connectivity index (χ4n) is 4.19. The summed E-state index contributed by atoms with van der Waals surface area (Å²) in [6.07, 6.45) is 2.86. The molecular weight excluding hydrogens is 458 g/mol. The zero-order valence-corrected chi connectivity index (χ0v) is 20.0. The lowest BCUT2D eigenvalue weighted by Crippen LogP contribution is -2.36. The molecule has 0 unspecified atom stereocenters. The molecule has 3 aromatic rings. The van der Waals surface area contributed by atoms with Crippen molar-refractivity contribution in [3.8, 4) is 17.0 Å². The standard InChI is InChI=1S/C25H24ClN3O3S/c1-14-11-18-12-17(5-10-21(18)29(14)24(31)16-3-4-16)23-15(2)33-25(28-23)27-22(30)13-32-20-8-6-19(26)7-9-20/h5-10,12,14,16H,3-4,11,13H2,1-2H3,(H,27,28,30)/t14-/m1/s1. The van der Waals surface area contributed by atoms with Crippen molar-refractivity contribution in [3.05, 3.63) is 57.9 Å². The first-order valence-electron chi connectivity index (χ1n) is 11.0. The summed E-state index contributed by atoms with van der Waals surface area (Å²) in [4.78, 5) is 32.7. The van der Waals surface area contributed by atoms with Crippen molar-refractivity contribution in [2.24, 2.45) is 5.92 Å². The Labute approximate surface area is 201 Å². The lowest BCUT2D eigenvalue weighted by molar-refractivity contribution is -0.120. The van der Waals surface area contributed by atoms with E-state index in [0.29, 0.717) is 15.9 Å². The Morgan fingerprint density at radius 2 is 1.97 bits per heavy atom. The third-order valence-corrected chi connectivity index (χ3v) is 7.10. The van der Waals surface area contributed by atoms with Crippen molar-refractivity contribution in [2.75, 3.05) is 16.8 Å². The Morgan fingerprint density at radius 3 is 2.70 bits per heavy atom. The molecule has 6 nitrogen and oxygen atoms in total. The number of ether oxygens (including phenoxy) is 1. The van der Waals surface area contributed by atoms with Crippen LogP contribution in [0, 0.1) is 12.8 Å². The largest absolute Gasteiger partial charge is 0.484 e. The van der Waals surface area contributed by atoms with Crippen LogP contribution in [0.4, 0.5) is 10.8 Å². The maximum Gasteiger partial charge on any atom is 0.264 e. The van der Waals surface area contributed by atoms with Crippen LogP contribution in [0.2, 0.25) is 5.02 Å². The molecule has 0 spiro atoms. The molecule has 0 radical (unpaired) electrons. The second kappa shape index (κ2) is 8.80. The van der Waals surface area contributed by atoms with E-state index in [2.05, 4.69) is 23.3 Å². The van der Waals surface area contributed by atoms with Crippen molar-refractivity contribution in [1.29, 1.82) is 0 Å². The summed E-state index contributed by atoms with van der Waals surface area (Å²) < 4.78 is 5.50. The van der Waals surface area contributed by atoms with E-state index < -0.39 is 0 Å². The third kappa shape index (κ3) is 4.61. The predicted molar refractivity (Wildman–Crippen MR) is 131 cm³/mol. The zero-order valence-electron chi connectivity index (χ0n) is 18.4. The van der Waals surface area contributed by atoms with Gasteiger partial charge in [-0.15, -0.1) is 11.3 Å². The molecule has 1 atom stereocenters. The number of hydrogen-bond acceptors (Lipinski definition) is 5. The summed E-state index contributed by atoms with van der Waals surface area (Å²) >= 11 is 7.30. The number of carbonyl (C=O) groups is 2. The summed E-state index contributed by atoms with van der Waals surface area (Å²) in [5.41, 5.74) is 4.02. The van der Waals surface area contributed by atoms with E-state index in [1.165, 1.54) is 16.9 Å². The predicted octanol–water partition coefficient (Wildman–Crippen LogP) is 5.48. The molecule has 33 heavy (non-hydrogen) atoms. The van der Waals surface area contributed by atoms with E-state index in [4.69, 9.17) is 16.3 Å². The molecule has 5 rings (SSSR count). The first-order chi connectivity index (χ1) is 15.9. The van der Waals surface area contributed by atoms with Gasteiger partial charge in [-0.2, -0.15) is 0 Å². The molecule has 2 aromatic carbocycles. The Kier molecular flexibility index (Phi) is 5.85. The number of halogens is 1. The van der Waals surface area contributed by atoms with Gasteiger partial charge in [0.1, 0.15) is 5.75 Å². The van der Waals surface area contributed by atoms with Crippen molar-refractivity contribution >= 4 is 45.6 Å². The first kappa shape index (κ1) is 21.9. The average molecular weight is 482 g/mol. The van der Waals surface area contributed by atoms with Gasteiger partial charge in [0, 0.05) is 33.1 Å². The molecule has 1 N–H and O–H groups in total. The van der Waals surface area contributed by atoms with Crippen molar-refractivity contribution in [1.82, 2.24) is 4.98 Å². The number of rotatable bonds is 6. The van der Waals surface area contributed by atoms with Crippen LogP contribution >= 0.6 is 22.9 Å². The number of fused-ring (bicyclic) bond motifs is 1. The number of hydrogen-bond donors (Lipinski definition) is 1. The Balaban J connectivity index is 1.28. The van der Waals surface area contributed by atoms with Gasteiger partial charge in [-0.05, 0) is 75.1 Å². The third-order valence-electron chi connectivity index (χ3n) is 5.96. The molecule has 1 saturated carbocycles. The van der Waals surface area contributed by atoms with E-state index in [1.807, 2.05) is 24.0 Å². The topological polar surface area (TPSA) is 71.5 Å². The molecule has 1 aliphatic heterocycles. The summed E-state index contributed by atoms with van der Waals surface area (Å²) in [6, 6.07) is 13.2. The number of nitrogens with one attached hydrogen (secondary N) is 1. The molecule has 1 aliphatic carbocycles. The van der Waals surface area contributed by atoms with Crippen LogP contribution in [0.1, 0.15) is 30.2 Å². The van der Waals surface area contributed by atoms with Crippen LogP contribution in [-0.4, -0.2) is 29.4 Å². The van der Waals surface area contributed by atoms with Crippen LogP contribution in [0.3, 0.4) is 0 Å². The summed E-state index contributed by atoms with van der Waals surface area (Å²) in [7, 11) is 0. The lowest BCUT2D eigenvalue weighted by Gasteiger charge is -2.22. The summed E-state index contributed by atoms with van der Waals surface area (Å²) in [6.45, 7) is 3.98. The van der Waals surface area contributed by atoms with E-state index in [1.54, 1.807) is 24.3 Å². The number of thiazole rings is 1. The summed E-state index contributed by atoms with van der Waals surface area (Å²) in [5.74, 6) is 0.757. The molecule has 2 heterocycles. The molecule has 2 amide bonds. The minimum Gasteiger partial charge on any atom is -0.484 e. The first-order valence-corrected chi connectivity index (χ1v) is 12.2. The number of aryl methyl sites for hydroxylation is 1. The van der Waals surface area contributed by atoms with Crippen LogP contribution in [-0.2, 0) is 16.0 Å². The minimum absolute atomic E-state index is 0.114. The van der Waals surface area contributed by atoms with Gasteiger partial charge in [-0.1, -0.05) is 17.7 Å². The fourth-order valence-corrected chi connectivity index (χ4v) is 5.17. The Hall–Kier alpha value is -2.90. The van der Waals surface area contributed by atoms with Gasteiger partial charge in [0.15, 0.2) is 11.7 Å². The highest BCUT2D eigenvalue weighted by Crippen LogP contribution is 2.41. The van der Waals surface area contributed by atoms with Gasteiger partial charge in [0.2, 0.25) is 5.91 Å². The number of amides is 2. The summed E-state index contributed by atoms with van der Waals surface area (Å²) in [5, 5.41) is 3.97. The zero-order chi connectivity index (χ0) is 23.1. The number of aromatic nitrogens is 1. The van der Waals surface area contributed by atoms with Crippen molar-refractivity contribution < 1.29 is 14.3 Å². The molecule has 0 saturated heterocycles. The molecule has 0 bridgehead atoms. The monoisotopic (exact) mass is 481 g/mol. The molecule has 170 valence electrons. The smallest absolute Gasteiger partial charge is 0.264 e. The molecule has 1 fully saturated rings. The number of carbonyl (C=O) groups excluding carboxylic acids is 2. The van der Waals surface area contributed by atoms with Crippen LogP contribution in [0.5, 0.6) is 5.75 Å². The SMILES string of the molecule is Cc1sc(NC(=O)COc2ccc(Cl)cc2)nc1-c1ccc2c(c1)C[C@@H](C)N2C(=O)C1CC1. The maximum absolute atomic E-state index is 12.7. The Bertz CT molecular complexity index is 1220. The van der Waals surface area contributed by atoms with Gasteiger partial charge >= 0.3 is 0 Å². The quantitative estimate of drug-likeness (QED) is 0.506. The van der Waals surface area contributed by atoms with E-state index in [-0.39, 0.29) is 30.4 Å². The average Bonchev–Trinajstić information content (AvgIpc) is 3.50. The maximum atomic E-state index is 12.7. The Morgan fingerprint density at radius 1 is 1.21 bits per heavy atom. The van der Waals surface area contributed by atoms with Gasteiger partial charge in [0.05, 0.1) is 5.69 Å². The van der Waals surface area contributed by atoms with Gasteiger partial charge < -0.3 is 9.64 Å². The second-order valence-electron chi connectivity index (χ2n) is 8.59. The van der Waals surface area contributed by atoms with Gasteiger partial charge in [-0.25, -0.2) is 4.98 Å². The van der Waals surface area contributed by atoms with E-state index >= 15 is 0 Å².